The van der Waals surface area contributed by atoms with Crippen LogP contribution in [0.3, 0.4) is 0 Å². The Labute approximate surface area is 145 Å². The number of hydrogen-bond acceptors (Lipinski definition) is 3. The highest BCUT2D eigenvalue weighted by Gasteiger charge is 2.45. The third-order valence-electron chi connectivity index (χ3n) is 4.72. The minimum absolute atomic E-state index is 0.0231. The third-order valence-corrected chi connectivity index (χ3v) is 4.72. The van der Waals surface area contributed by atoms with E-state index in [1.165, 1.54) is 24.3 Å². The molecule has 2 heterocycles. The quantitative estimate of drug-likeness (QED) is 0.852. The van der Waals surface area contributed by atoms with Gasteiger partial charge in [0.25, 0.3) is 5.91 Å². The van der Waals surface area contributed by atoms with Crippen LogP contribution in [0.4, 0.5) is 4.39 Å². The lowest BCUT2D eigenvalue weighted by molar-refractivity contribution is -0.141. The maximum Gasteiger partial charge on any atom is 0.253 e. The smallest absolute Gasteiger partial charge is 0.253 e. The van der Waals surface area contributed by atoms with Crippen LogP contribution in [-0.4, -0.2) is 58.6 Å². The van der Waals surface area contributed by atoms with Gasteiger partial charge in [-0.1, -0.05) is 0 Å². The molecule has 0 atom stereocenters. The Hall–Kier alpha value is -2.70. The van der Waals surface area contributed by atoms with Gasteiger partial charge in [0, 0.05) is 45.1 Å². The number of rotatable bonds is 3. The second kappa shape index (κ2) is 6.66. The Morgan fingerprint density at radius 3 is 2.32 bits per heavy atom. The van der Waals surface area contributed by atoms with E-state index in [9.17, 15) is 14.0 Å². The van der Waals surface area contributed by atoms with E-state index in [-0.39, 0.29) is 17.6 Å². The van der Waals surface area contributed by atoms with Gasteiger partial charge in [0.05, 0.1) is 0 Å². The SMILES string of the molecule is CN(C)C(=O)C1(n2cccn2)CCN(C(=O)c2ccc(F)cc2)CC1. The van der Waals surface area contributed by atoms with Crippen molar-refractivity contribution in [3.63, 3.8) is 0 Å². The van der Waals surface area contributed by atoms with E-state index in [0.717, 1.165) is 0 Å². The Bertz CT molecular complexity index is 748. The van der Waals surface area contributed by atoms with Crippen molar-refractivity contribution >= 4 is 11.8 Å². The molecule has 0 N–H and O–H groups in total. The van der Waals surface area contributed by atoms with Gasteiger partial charge in [-0.25, -0.2) is 4.39 Å². The highest BCUT2D eigenvalue weighted by Crippen LogP contribution is 2.32. The van der Waals surface area contributed by atoms with Crippen molar-refractivity contribution < 1.29 is 14.0 Å². The second-order valence-electron chi connectivity index (χ2n) is 6.48. The highest BCUT2D eigenvalue weighted by molar-refractivity contribution is 5.94. The molecule has 3 rings (SSSR count). The van der Waals surface area contributed by atoms with Crippen molar-refractivity contribution in [2.75, 3.05) is 27.2 Å². The number of likely N-dealkylation sites (N-methyl/N-ethyl adjacent to an activating group) is 1. The summed E-state index contributed by atoms with van der Waals surface area (Å²) in [6.45, 7) is 0.880. The van der Waals surface area contributed by atoms with Crippen molar-refractivity contribution in [3.05, 3.63) is 54.1 Å². The predicted octanol–water partition coefficient (Wildman–Crippen LogP) is 1.74. The van der Waals surface area contributed by atoms with Crippen molar-refractivity contribution in [3.8, 4) is 0 Å². The molecule has 2 aromatic rings. The lowest BCUT2D eigenvalue weighted by atomic mass is 9.86. The van der Waals surface area contributed by atoms with Gasteiger partial charge in [-0.3, -0.25) is 14.3 Å². The summed E-state index contributed by atoms with van der Waals surface area (Å²) in [7, 11) is 3.45. The van der Waals surface area contributed by atoms with Gasteiger partial charge in [-0.2, -0.15) is 5.10 Å². The first-order valence-corrected chi connectivity index (χ1v) is 8.21. The number of piperidine rings is 1. The molecule has 1 aliphatic heterocycles. The minimum atomic E-state index is -0.771. The molecule has 132 valence electrons. The normalized spacial score (nSPS) is 16.5. The fourth-order valence-electron chi connectivity index (χ4n) is 3.33. The van der Waals surface area contributed by atoms with E-state index < -0.39 is 5.54 Å². The maximum atomic E-state index is 13.0. The lowest BCUT2D eigenvalue weighted by Gasteiger charge is -2.42. The number of nitrogens with zero attached hydrogens (tertiary/aromatic N) is 4. The van der Waals surface area contributed by atoms with Crippen LogP contribution in [0, 0.1) is 5.82 Å². The summed E-state index contributed by atoms with van der Waals surface area (Å²) in [5, 5.41) is 4.28. The van der Waals surface area contributed by atoms with Crippen molar-refractivity contribution in [1.29, 1.82) is 0 Å². The van der Waals surface area contributed by atoms with Crippen LogP contribution in [0.5, 0.6) is 0 Å². The zero-order valence-corrected chi connectivity index (χ0v) is 14.4. The molecular weight excluding hydrogens is 323 g/mol. The molecule has 1 saturated heterocycles. The molecule has 7 heteroatoms. The van der Waals surface area contributed by atoms with Crippen molar-refractivity contribution in [2.24, 2.45) is 0 Å². The maximum absolute atomic E-state index is 13.0. The predicted molar refractivity (Wildman–Crippen MR) is 90.4 cm³/mol. The molecule has 25 heavy (non-hydrogen) atoms. The van der Waals surface area contributed by atoms with Crippen LogP contribution in [0.25, 0.3) is 0 Å². The van der Waals surface area contributed by atoms with Gasteiger partial charge in [-0.15, -0.1) is 0 Å². The van der Waals surface area contributed by atoms with Gasteiger partial charge >= 0.3 is 0 Å². The molecule has 1 aromatic heterocycles. The lowest BCUT2D eigenvalue weighted by Crippen LogP contribution is -2.55. The molecule has 0 aliphatic carbocycles. The summed E-state index contributed by atoms with van der Waals surface area (Å²) in [4.78, 5) is 28.7. The van der Waals surface area contributed by atoms with Crippen molar-refractivity contribution in [2.45, 2.75) is 18.4 Å². The Morgan fingerprint density at radius 2 is 1.80 bits per heavy atom. The Morgan fingerprint density at radius 1 is 1.16 bits per heavy atom. The molecule has 0 unspecified atom stereocenters. The zero-order valence-electron chi connectivity index (χ0n) is 14.4. The van der Waals surface area contributed by atoms with Crippen LogP contribution >= 0.6 is 0 Å². The van der Waals surface area contributed by atoms with Gasteiger partial charge in [0.1, 0.15) is 11.4 Å². The second-order valence-corrected chi connectivity index (χ2v) is 6.48. The molecule has 1 aromatic carbocycles. The largest absolute Gasteiger partial charge is 0.347 e. The average Bonchev–Trinajstić information content (AvgIpc) is 3.16. The van der Waals surface area contributed by atoms with Crippen LogP contribution in [0.1, 0.15) is 23.2 Å². The number of benzene rings is 1. The molecule has 2 amide bonds. The highest BCUT2D eigenvalue weighted by atomic mass is 19.1. The molecule has 6 nitrogen and oxygen atoms in total. The summed E-state index contributed by atoms with van der Waals surface area (Å²) < 4.78 is 14.7. The van der Waals surface area contributed by atoms with Gasteiger partial charge in [-0.05, 0) is 43.2 Å². The molecule has 0 radical (unpaired) electrons. The molecular formula is C18H21FN4O2. The van der Waals surface area contributed by atoms with E-state index in [4.69, 9.17) is 0 Å². The topological polar surface area (TPSA) is 58.4 Å². The first-order chi connectivity index (χ1) is 11.9. The van der Waals surface area contributed by atoms with E-state index in [0.29, 0.717) is 31.5 Å². The zero-order chi connectivity index (χ0) is 18.0. The Kier molecular flexibility index (Phi) is 4.57. The van der Waals surface area contributed by atoms with E-state index in [1.54, 1.807) is 47.0 Å². The number of likely N-dealkylation sites (tertiary alicyclic amines) is 1. The Balaban J connectivity index is 1.79. The summed E-state index contributed by atoms with van der Waals surface area (Å²) in [5.74, 6) is -0.541. The van der Waals surface area contributed by atoms with Crippen LogP contribution in [0.2, 0.25) is 0 Å². The fraction of sp³-hybridized carbons (Fsp3) is 0.389. The van der Waals surface area contributed by atoms with Crippen molar-refractivity contribution in [1.82, 2.24) is 19.6 Å². The fourth-order valence-corrected chi connectivity index (χ4v) is 3.33. The standard InChI is InChI=1S/C18H21FN4O2/c1-21(2)17(25)18(23-11-3-10-20-23)8-12-22(13-9-18)16(24)14-4-6-15(19)7-5-14/h3-7,10-11H,8-9,12-13H2,1-2H3. The summed E-state index contributed by atoms with van der Waals surface area (Å²) in [5.41, 5.74) is -0.320. The monoisotopic (exact) mass is 344 g/mol. The van der Waals surface area contributed by atoms with Crippen LogP contribution in [-0.2, 0) is 10.3 Å². The number of amides is 2. The third kappa shape index (κ3) is 3.14. The van der Waals surface area contributed by atoms with Gasteiger partial charge in [0.15, 0.2) is 0 Å². The summed E-state index contributed by atoms with van der Waals surface area (Å²) in [6.07, 6.45) is 4.41. The minimum Gasteiger partial charge on any atom is -0.347 e. The molecule has 0 bridgehead atoms. The summed E-state index contributed by atoms with van der Waals surface area (Å²) in [6, 6.07) is 7.32. The number of hydrogen-bond donors (Lipinski definition) is 0. The van der Waals surface area contributed by atoms with E-state index in [1.807, 2.05) is 0 Å². The molecule has 1 aliphatic rings. The molecule has 1 fully saturated rings. The van der Waals surface area contributed by atoms with Gasteiger partial charge < -0.3 is 9.80 Å². The number of aromatic nitrogens is 2. The van der Waals surface area contributed by atoms with Gasteiger partial charge in [0.2, 0.25) is 5.91 Å². The number of halogens is 1. The number of carbonyl (C=O) groups excluding carboxylic acids is 2. The molecule has 0 spiro atoms. The van der Waals surface area contributed by atoms with Crippen LogP contribution in [0.15, 0.2) is 42.7 Å². The molecule has 0 saturated carbocycles. The van der Waals surface area contributed by atoms with E-state index in [2.05, 4.69) is 5.10 Å². The number of carbonyl (C=O) groups is 2. The first kappa shape index (κ1) is 17.1. The summed E-state index contributed by atoms with van der Waals surface area (Å²) >= 11 is 0. The average molecular weight is 344 g/mol. The van der Waals surface area contributed by atoms with Crippen LogP contribution < -0.4 is 0 Å². The first-order valence-electron chi connectivity index (χ1n) is 8.21. The van der Waals surface area contributed by atoms with E-state index >= 15 is 0 Å².